The third-order valence-corrected chi connectivity index (χ3v) is 4.31. The third-order valence-electron chi connectivity index (χ3n) is 4.31. The lowest BCUT2D eigenvalue weighted by molar-refractivity contribution is -0.139. The molecule has 0 atom stereocenters. The van der Waals surface area contributed by atoms with Gasteiger partial charge in [-0.1, -0.05) is 36.4 Å². The quantitative estimate of drug-likeness (QED) is 0.621. The van der Waals surface area contributed by atoms with Gasteiger partial charge in [-0.05, 0) is 35.7 Å². The van der Waals surface area contributed by atoms with Gasteiger partial charge in [-0.2, -0.15) is 0 Å². The van der Waals surface area contributed by atoms with Crippen LogP contribution < -0.4 is 0 Å². The van der Waals surface area contributed by atoms with E-state index in [1.165, 1.54) is 4.90 Å². The molecule has 128 valence electrons. The van der Waals surface area contributed by atoms with Crippen molar-refractivity contribution in [2.24, 2.45) is 0 Å². The number of carbonyl (C=O) groups excluding carboxylic acids is 3. The molecule has 0 bridgehead atoms. The number of likely N-dealkylation sites (tertiary alicyclic amines) is 1. The molecule has 0 N–H and O–H groups in total. The molecule has 5 nitrogen and oxygen atoms in total. The van der Waals surface area contributed by atoms with Crippen LogP contribution in [0, 0.1) is 6.92 Å². The smallest absolute Gasteiger partial charge is 0.338 e. The summed E-state index contributed by atoms with van der Waals surface area (Å²) in [7, 11) is 0. The molecular weight excluding hydrogens is 318 g/mol. The molecule has 25 heavy (non-hydrogen) atoms. The summed E-state index contributed by atoms with van der Waals surface area (Å²) >= 11 is 0. The molecule has 1 heterocycles. The number of hydrogen-bond acceptors (Lipinski definition) is 4. The van der Waals surface area contributed by atoms with Gasteiger partial charge in [-0.15, -0.1) is 0 Å². The van der Waals surface area contributed by atoms with Gasteiger partial charge in [-0.3, -0.25) is 14.5 Å². The van der Waals surface area contributed by atoms with Crippen LogP contribution in [-0.4, -0.2) is 22.7 Å². The van der Waals surface area contributed by atoms with Crippen molar-refractivity contribution in [3.63, 3.8) is 0 Å². The first-order valence-corrected chi connectivity index (χ1v) is 8.18. The summed E-state index contributed by atoms with van der Waals surface area (Å²) < 4.78 is 5.34. The molecule has 2 aromatic rings. The number of hydrogen-bond donors (Lipinski definition) is 0. The number of nitrogens with zero attached hydrogens (tertiary/aromatic N) is 1. The second-order valence-corrected chi connectivity index (χ2v) is 6.07. The lowest BCUT2D eigenvalue weighted by Gasteiger charge is -2.14. The van der Waals surface area contributed by atoms with Crippen molar-refractivity contribution < 1.29 is 19.1 Å². The van der Waals surface area contributed by atoms with Crippen LogP contribution in [0.5, 0.6) is 0 Å². The normalized spacial score (nSPS) is 14.0. The van der Waals surface area contributed by atoms with Gasteiger partial charge in [0.2, 0.25) is 11.8 Å². The van der Waals surface area contributed by atoms with E-state index >= 15 is 0 Å². The summed E-state index contributed by atoms with van der Waals surface area (Å²) in [5.74, 6) is -0.693. The average molecular weight is 337 g/mol. The van der Waals surface area contributed by atoms with Crippen molar-refractivity contribution in [3.05, 3.63) is 70.8 Å². The van der Waals surface area contributed by atoms with Gasteiger partial charge in [0.1, 0.15) is 6.61 Å². The highest BCUT2D eigenvalue weighted by molar-refractivity contribution is 6.01. The van der Waals surface area contributed by atoms with Crippen LogP contribution in [0.4, 0.5) is 0 Å². The predicted octanol–water partition coefficient (Wildman–Crippen LogP) is 3.00. The molecule has 1 aliphatic heterocycles. The van der Waals surface area contributed by atoms with Crippen molar-refractivity contribution in [1.29, 1.82) is 0 Å². The van der Waals surface area contributed by atoms with Crippen molar-refractivity contribution in [1.82, 2.24) is 4.90 Å². The molecule has 5 heteroatoms. The van der Waals surface area contributed by atoms with Crippen molar-refractivity contribution in [2.45, 2.75) is 32.9 Å². The molecule has 2 amide bonds. The molecule has 1 fully saturated rings. The summed E-state index contributed by atoms with van der Waals surface area (Å²) in [5, 5.41) is 0. The Morgan fingerprint density at radius 2 is 1.64 bits per heavy atom. The second-order valence-electron chi connectivity index (χ2n) is 6.07. The maximum Gasteiger partial charge on any atom is 0.338 e. The van der Waals surface area contributed by atoms with Crippen LogP contribution >= 0.6 is 0 Å². The number of rotatable bonds is 5. The maximum atomic E-state index is 12.1. The molecule has 3 rings (SSSR count). The Kier molecular flexibility index (Phi) is 4.93. The monoisotopic (exact) mass is 337 g/mol. The minimum Gasteiger partial charge on any atom is -0.457 e. The predicted molar refractivity (Wildman–Crippen MR) is 91.5 cm³/mol. The Morgan fingerprint density at radius 3 is 2.28 bits per heavy atom. The molecule has 0 saturated carbocycles. The van der Waals surface area contributed by atoms with E-state index in [1.807, 2.05) is 31.2 Å². The van der Waals surface area contributed by atoms with Gasteiger partial charge in [0.25, 0.3) is 0 Å². The lowest BCUT2D eigenvalue weighted by atomic mass is 10.1. The number of carbonyl (C=O) groups is 3. The Bertz CT molecular complexity index is 795. The van der Waals surface area contributed by atoms with E-state index < -0.39 is 5.97 Å². The molecule has 2 aromatic carbocycles. The fourth-order valence-electron chi connectivity index (χ4n) is 2.73. The zero-order valence-electron chi connectivity index (χ0n) is 14.0. The average Bonchev–Trinajstić information content (AvgIpc) is 2.93. The largest absolute Gasteiger partial charge is 0.457 e. The van der Waals surface area contributed by atoms with E-state index in [1.54, 1.807) is 24.3 Å². The molecule has 0 spiro atoms. The highest BCUT2D eigenvalue weighted by Gasteiger charge is 2.28. The van der Waals surface area contributed by atoms with Crippen molar-refractivity contribution in [3.8, 4) is 0 Å². The first-order chi connectivity index (χ1) is 12.0. The first kappa shape index (κ1) is 16.9. The molecule has 0 unspecified atom stereocenters. The molecule has 0 aromatic heterocycles. The third kappa shape index (κ3) is 3.94. The van der Waals surface area contributed by atoms with Crippen LogP contribution in [0.2, 0.25) is 0 Å². The van der Waals surface area contributed by atoms with Crippen molar-refractivity contribution in [2.75, 3.05) is 0 Å². The maximum absolute atomic E-state index is 12.1. The molecule has 0 aliphatic carbocycles. The molecule has 1 saturated heterocycles. The van der Waals surface area contributed by atoms with Gasteiger partial charge < -0.3 is 4.74 Å². The van der Waals surface area contributed by atoms with E-state index in [2.05, 4.69) is 0 Å². The summed E-state index contributed by atoms with van der Waals surface area (Å²) in [5.41, 5.74) is 3.29. The van der Waals surface area contributed by atoms with E-state index in [9.17, 15) is 14.4 Å². The highest BCUT2D eigenvalue weighted by Crippen LogP contribution is 2.17. The Hall–Kier alpha value is -2.95. The zero-order chi connectivity index (χ0) is 17.8. The summed E-state index contributed by atoms with van der Waals surface area (Å²) in [6.07, 6.45) is 0.560. The highest BCUT2D eigenvalue weighted by atomic mass is 16.5. The van der Waals surface area contributed by atoms with Gasteiger partial charge >= 0.3 is 5.97 Å². The topological polar surface area (TPSA) is 63.7 Å². The van der Waals surface area contributed by atoms with Crippen molar-refractivity contribution >= 4 is 17.8 Å². The van der Waals surface area contributed by atoms with Crippen LogP contribution in [0.1, 0.15) is 39.9 Å². The molecule has 1 aliphatic rings. The minimum atomic E-state index is -0.400. The minimum absolute atomic E-state index is 0.147. The SMILES string of the molecule is Cc1ccccc1COC(=O)c1ccc(CN2C(=O)CCC2=O)cc1. The number of benzene rings is 2. The number of ether oxygens (including phenoxy) is 1. The summed E-state index contributed by atoms with van der Waals surface area (Å²) in [6, 6.07) is 14.5. The number of esters is 1. The summed E-state index contributed by atoms with van der Waals surface area (Å²) in [4.78, 5) is 36.7. The molecule has 0 radical (unpaired) electrons. The van der Waals surface area contributed by atoms with Gasteiger partial charge in [0.05, 0.1) is 12.1 Å². The number of aryl methyl sites for hydroxylation is 1. The van der Waals surface area contributed by atoms with Gasteiger partial charge in [0, 0.05) is 12.8 Å². The molecular formula is C20H19NO4. The Labute approximate surface area is 146 Å². The van der Waals surface area contributed by atoms with Gasteiger partial charge in [-0.25, -0.2) is 4.79 Å². The Balaban J connectivity index is 1.60. The van der Waals surface area contributed by atoms with Crippen LogP contribution in [0.15, 0.2) is 48.5 Å². The lowest BCUT2D eigenvalue weighted by Crippen LogP contribution is -2.28. The van der Waals surface area contributed by atoms with E-state index in [4.69, 9.17) is 4.74 Å². The zero-order valence-corrected chi connectivity index (χ0v) is 14.0. The summed E-state index contributed by atoms with van der Waals surface area (Å²) in [6.45, 7) is 2.44. The number of imide groups is 1. The van der Waals surface area contributed by atoms with Gasteiger partial charge in [0.15, 0.2) is 0 Å². The fourth-order valence-corrected chi connectivity index (χ4v) is 2.73. The fraction of sp³-hybridized carbons (Fsp3) is 0.250. The van der Waals surface area contributed by atoms with E-state index in [-0.39, 0.29) is 37.8 Å². The standard InChI is InChI=1S/C20H19NO4/c1-14-4-2-3-5-17(14)13-25-20(24)16-8-6-15(7-9-16)12-21-18(22)10-11-19(21)23/h2-9H,10-13H2,1H3. The van der Waals surface area contributed by atoms with Crippen LogP contribution in [-0.2, 0) is 27.5 Å². The van der Waals surface area contributed by atoms with E-state index in [0.29, 0.717) is 5.56 Å². The second kappa shape index (κ2) is 7.30. The van der Waals surface area contributed by atoms with Crippen LogP contribution in [0.25, 0.3) is 0 Å². The first-order valence-electron chi connectivity index (χ1n) is 8.18. The van der Waals surface area contributed by atoms with Crippen LogP contribution in [0.3, 0.4) is 0 Å². The number of amides is 2. The Morgan fingerprint density at radius 1 is 1.00 bits per heavy atom. The van der Waals surface area contributed by atoms with E-state index in [0.717, 1.165) is 16.7 Å².